The molecule has 1 aliphatic carbocycles. The number of ether oxygens (including phenoxy) is 2. The molecule has 7 nitrogen and oxygen atoms in total. The minimum atomic E-state index is -4.49. The summed E-state index contributed by atoms with van der Waals surface area (Å²) in [6, 6.07) is 0. The van der Waals surface area contributed by atoms with E-state index in [9.17, 15) is 32.3 Å². The number of hydrogen-bond donors (Lipinski definition) is 0. The summed E-state index contributed by atoms with van der Waals surface area (Å²) in [6.07, 6.45) is 2.93. The number of halogens is 3. The van der Waals surface area contributed by atoms with Crippen molar-refractivity contribution in [2.45, 2.75) is 196 Å². The molecule has 2 fully saturated rings. The van der Waals surface area contributed by atoms with E-state index in [1.807, 2.05) is 41.5 Å². The third-order valence-electron chi connectivity index (χ3n) is 8.23. The second kappa shape index (κ2) is 25.8. The molecule has 1 heterocycles. The lowest BCUT2D eigenvalue weighted by molar-refractivity contribution is -0.221. The highest BCUT2D eigenvalue weighted by Gasteiger charge is 2.41. The topological polar surface area (TPSA) is 90.0 Å². The van der Waals surface area contributed by atoms with E-state index >= 15 is 0 Å². The van der Waals surface area contributed by atoms with Gasteiger partial charge in [0.2, 0.25) is 11.8 Å². The second-order valence-corrected chi connectivity index (χ2v) is 12.9. The molecule has 0 bridgehead atoms. The standard InChI is InChI=1S/C12H22O2.C10H17NO2.C9H15F3O2.6CH4/c1-4-12(2,3)11(13)14-10-8-6-5-7-9-10;1-4-10(2,3)9(13)11-7-5-6-8(11)12;1-5-8(3,4)7(13)14-6(2)9(10,11)12;;;;;;/h10H,4-9H2,1-3H3;4-7H2,1-3H3;6H,5H2,1-4H3;6*1H4. The Labute approximate surface area is 289 Å². The Kier molecular flexibility index (Phi) is 33.1. The summed E-state index contributed by atoms with van der Waals surface area (Å²) in [4.78, 5) is 47.5. The minimum Gasteiger partial charge on any atom is -0.462 e. The fraction of sp³-hybridized carbons (Fsp3) is 0.892. The van der Waals surface area contributed by atoms with Crippen LogP contribution in [0.15, 0.2) is 0 Å². The molecule has 47 heavy (non-hydrogen) atoms. The van der Waals surface area contributed by atoms with E-state index in [2.05, 4.69) is 4.74 Å². The molecule has 1 unspecified atom stereocenters. The largest absolute Gasteiger partial charge is 0.462 e. The van der Waals surface area contributed by atoms with Crippen LogP contribution < -0.4 is 0 Å². The van der Waals surface area contributed by atoms with Crippen molar-refractivity contribution in [3.63, 3.8) is 0 Å². The third kappa shape index (κ3) is 20.8. The number of alkyl halides is 3. The number of hydrogen-bond acceptors (Lipinski definition) is 6. The summed E-state index contributed by atoms with van der Waals surface area (Å²) in [6.45, 7) is 18.0. The molecule has 288 valence electrons. The fourth-order valence-electron chi connectivity index (χ4n) is 3.55. The van der Waals surface area contributed by atoms with Gasteiger partial charge < -0.3 is 9.47 Å². The van der Waals surface area contributed by atoms with Crippen molar-refractivity contribution in [1.82, 2.24) is 4.90 Å². The first-order valence-corrected chi connectivity index (χ1v) is 15.0. The van der Waals surface area contributed by atoms with E-state index in [1.54, 1.807) is 20.8 Å². The normalized spacial score (nSPS) is 15.3. The summed E-state index contributed by atoms with van der Waals surface area (Å²) < 4.78 is 45.9. The number of carbonyl (C=O) groups excluding carboxylic acids is 4. The monoisotopic (exact) mass is 690 g/mol. The molecule has 0 N–H and O–H groups in total. The summed E-state index contributed by atoms with van der Waals surface area (Å²) in [5.74, 6) is -0.860. The van der Waals surface area contributed by atoms with Crippen LogP contribution in [0, 0.1) is 16.2 Å². The van der Waals surface area contributed by atoms with E-state index in [0.29, 0.717) is 19.4 Å². The average Bonchev–Trinajstić information content (AvgIpc) is 3.34. The Morgan fingerprint density at radius 2 is 1.13 bits per heavy atom. The maximum absolute atomic E-state index is 12.0. The van der Waals surface area contributed by atoms with Gasteiger partial charge in [-0.1, -0.05) is 85.6 Å². The molecular weight excluding hydrogens is 611 g/mol. The molecular formula is C37H78F3NO6. The Bertz CT molecular complexity index is 863. The lowest BCUT2D eigenvalue weighted by atomic mass is 9.88. The van der Waals surface area contributed by atoms with E-state index in [4.69, 9.17) is 4.74 Å². The first-order valence-electron chi connectivity index (χ1n) is 15.0. The Morgan fingerprint density at radius 1 is 0.723 bits per heavy atom. The maximum Gasteiger partial charge on any atom is 0.425 e. The van der Waals surface area contributed by atoms with Crippen LogP contribution in [0.5, 0.6) is 0 Å². The molecule has 10 heteroatoms. The first-order chi connectivity index (χ1) is 18.7. The van der Waals surface area contributed by atoms with Gasteiger partial charge in [-0.3, -0.25) is 24.1 Å². The zero-order valence-electron chi connectivity index (χ0n) is 27.0. The molecule has 1 saturated carbocycles. The van der Waals surface area contributed by atoms with Gasteiger partial charge in [-0.05, 0) is 86.0 Å². The highest BCUT2D eigenvalue weighted by atomic mass is 19.4. The zero-order valence-corrected chi connectivity index (χ0v) is 27.0. The maximum atomic E-state index is 12.0. The van der Waals surface area contributed by atoms with Crippen molar-refractivity contribution < 1.29 is 41.8 Å². The number of amides is 2. The van der Waals surface area contributed by atoms with Crippen LogP contribution in [0.4, 0.5) is 13.2 Å². The number of esters is 2. The molecule has 1 aliphatic heterocycles. The van der Waals surface area contributed by atoms with Crippen molar-refractivity contribution in [3.05, 3.63) is 0 Å². The van der Waals surface area contributed by atoms with Gasteiger partial charge in [-0.2, -0.15) is 13.2 Å². The molecule has 2 rings (SSSR count). The number of nitrogens with zero attached hydrogens (tertiary/aromatic N) is 1. The minimum absolute atomic E-state index is 0. The lowest BCUT2D eigenvalue weighted by Crippen LogP contribution is -2.41. The van der Waals surface area contributed by atoms with Crippen LogP contribution in [0.2, 0.25) is 0 Å². The Hall–Kier alpha value is -2.13. The van der Waals surface area contributed by atoms with Gasteiger partial charge in [0.1, 0.15) is 6.10 Å². The van der Waals surface area contributed by atoms with E-state index in [0.717, 1.165) is 39.0 Å². The van der Waals surface area contributed by atoms with Crippen molar-refractivity contribution in [2.75, 3.05) is 6.54 Å². The van der Waals surface area contributed by atoms with Crippen LogP contribution in [0.1, 0.15) is 178 Å². The molecule has 2 aliphatic rings. The predicted molar refractivity (Wildman–Crippen MR) is 193 cm³/mol. The van der Waals surface area contributed by atoms with Gasteiger partial charge in [0, 0.05) is 18.4 Å². The summed E-state index contributed by atoms with van der Waals surface area (Å²) in [5, 5.41) is 0. The SMILES string of the molecule is C.C.C.C.C.C.CCC(C)(C)C(=O)N1CCCC1=O.CCC(C)(C)C(=O)OC(C)C(F)(F)F.CCC(C)(C)C(=O)OC1CCCCC1. The van der Waals surface area contributed by atoms with E-state index in [1.165, 1.54) is 24.2 Å². The fourth-order valence-corrected chi connectivity index (χ4v) is 3.55. The molecule has 0 aromatic heterocycles. The zero-order chi connectivity index (χ0) is 32.2. The molecule has 0 aromatic rings. The van der Waals surface area contributed by atoms with E-state index in [-0.39, 0.29) is 79.3 Å². The number of rotatable bonds is 8. The molecule has 1 atom stereocenters. The van der Waals surface area contributed by atoms with Gasteiger partial charge in [0.25, 0.3) is 0 Å². The Balaban J connectivity index is -0.0000000960. The van der Waals surface area contributed by atoms with Crippen molar-refractivity contribution in [2.24, 2.45) is 16.2 Å². The van der Waals surface area contributed by atoms with Gasteiger partial charge in [0.05, 0.1) is 10.8 Å². The van der Waals surface area contributed by atoms with Crippen LogP contribution in [-0.2, 0) is 28.7 Å². The number of imide groups is 1. The number of carbonyl (C=O) groups is 4. The van der Waals surface area contributed by atoms with Gasteiger partial charge >= 0.3 is 18.1 Å². The smallest absolute Gasteiger partial charge is 0.425 e. The highest BCUT2D eigenvalue weighted by Crippen LogP contribution is 2.29. The molecule has 2 amide bonds. The van der Waals surface area contributed by atoms with Gasteiger partial charge in [-0.15, -0.1) is 0 Å². The average molecular weight is 690 g/mol. The predicted octanol–water partition coefficient (Wildman–Crippen LogP) is 11.6. The third-order valence-corrected chi connectivity index (χ3v) is 8.23. The van der Waals surface area contributed by atoms with Crippen molar-refractivity contribution >= 4 is 23.8 Å². The quantitative estimate of drug-likeness (QED) is 0.236. The van der Waals surface area contributed by atoms with Crippen LogP contribution in [0.3, 0.4) is 0 Å². The van der Waals surface area contributed by atoms with Gasteiger partial charge in [-0.25, -0.2) is 0 Å². The molecule has 0 aromatic carbocycles. The van der Waals surface area contributed by atoms with E-state index < -0.39 is 23.7 Å². The van der Waals surface area contributed by atoms with Crippen molar-refractivity contribution in [1.29, 1.82) is 0 Å². The Morgan fingerprint density at radius 3 is 1.47 bits per heavy atom. The van der Waals surface area contributed by atoms with Crippen LogP contribution in [-0.4, -0.2) is 53.6 Å². The summed E-state index contributed by atoms with van der Waals surface area (Å²) >= 11 is 0. The second-order valence-electron chi connectivity index (χ2n) is 12.9. The summed E-state index contributed by atoms with van der Waals surface area (Å²) in [7, 11) is 0. The highest BCUT2D eigenvalue weighted by molar-refractivity contribution is 5.98. The first kappa shape index (κ1) is 60.2. The van der Waals surface area contributed by atoms with Crippen molar-refractivity contribution in [3.8, 4) is 0 Å². The molecule has 0 radical (unpaired) electrons. The summed E-state index contributed by atoms with van der Waals surface area (Å²) in [5.41, 5.74) is -1.56. The van der Waals surface area contributed by atoms with Gasteiger partial charge in [0.15, 0.2) is 6.10 Å². The molecule has 1 saturated heterocycles. The molecule has 0 spiro atoms. The number of likely N-dealkylation sites (tertiary alicyclic amines) is 1. The lowest BCUT2D eigenvalue weighted by Gasteiger charge is -2.27. The van der Waals surface area contributed by atoms with Crippen LogP contribution in [0.25, 0.3) is 0 Å². The van der Waals surface area contributed by atoms with Crippen LogP contribution >= 0.6 is 0 Å².